The number of amides is 4. The molecule has 0 saturated heterocycles. The number of primary amides is 1. The molecule has 0 aromatic heterocycles. The molecule has 0 fully saturated rings. The van der Waals surface area contributed by atoms with Crippen molar-refractivity contribution in [3.8, 4) is 0 Å². The monoisotopic (exact) mass is 357 g/mol. The van der Waals surface area contributed by atoms with E-state index in [2.05, 4.69) is 16.0 Å². The molecule has 1 aromatic carbocycles. The molecule has 0 saturated carbocycles. The van der Waals surface area contributed by atoms with E-state index in [1.165, 1.54) is 0 Å². The lowest BCUT2D eigenvalue weighted by Crippen LogP contribution is -2.47. The smallest absolute Gasteiger partial charge is 0.316 e. The van der Waals surface area contributed by atoms with E-state index < -0.39 is 12.1 Å². The van der Waals surface area contributed by atoms with Crippen LogP contribution in [0.2, 0.25) is 0 Å². The molecular weight excluding hydrogens is 334 g/mol. The van der Waals surface area contributed by atoms with Crippen LogP contribution in [0.5, 0.6) is 0 Å². The maximum absolute atomic E-state index is 11.7. The number of hydrogen-bond donors (Lipinski definition) is 5. The summed E-state index contributed by atoms with van der Waals surface area (Å²) in [6, 6.07) is 5.58. The van der Waals surface area contributed by atoms with E-state index in [1.54, 1.807) is 24.3 Å². The Morgan fingerprint density at radius 3 is 2.17 bits per heavy atom. The maximum Gasteiger partial charge on any atom is 0.316 e. The third-order valence-electron chi connectivity index (χ3n) is 3.16. The molecule has 1 aromatic rings. The average Bonchev–Trinajstić information content (AvgIpc) is 2.50. The molecule has 9 heteroatoms. The highest BCUT2D eigenvalue weighted by Gasteiger charge is 2.17. The maximum atomic E-state index is 11.7. The summed E-state index contributed by atoms with van der Waals surface area (Å²) in [6.45, 7) is 3.85. The summed E-state index contributed by atoms with van der Waals surface area (Å²) in [5, 5.41) is 7.61. The van der Waals surface area contributed by atoms with Gasteiger partial charge < -0.3 is 27.4 Å². The Bertz CT molecular complexity index is 563. The summed E-state index contributed by atoms with van der Waals surface area (Å²) >= 11 is 0. The van der Waals surface area contributed by atoms with Crippen LogP contribution >= 0.6 is 12.4 Å². The van der Waals surface area contributed by atoms with E-state index in [0.29, 0.717) is 12.2 Å². The Morgan fingerprint density at radius 1 is 1.08 bits per heavy atom. The zero-order valence-electron chi connectivity index (χ0n) is 13.7. The molecule has 24 heavy (non-hydrogen) atoms. The van der Waals surface area contributed by atoms with Crippen LogP contribution < -0.4 is 27.4 Å². The summed E-state index contributed by atoms with van der Waals surface area (Å²) < 4.78 is 0. The largest absolute Gasteiger partial charge is 0.351 e. The standard InChI is InChI=1S/C15H23N5O3.ClH/c1-9(2)13(16)14(22)19-8-12(21)18-7-10-3-5-11(6-4-10)20-15(17)23;/h3-6,9,13H,7-8,16H2,1-2H3,(H,18,21)(H,19,22)(H3,17,20,23);1H/t13-;/m0./s1. The lowest BCUT2D eigenvalue weighted by atomic mass is 10.1. The zero-order valence-corrected chi connectivity index (χ0v) is 14.5. The summed E-state index contributed by atoms with van der Waals surface area (Å²) in [5.41, 5.74) is 12.1. The second kappa shape index (κ2) is 10.5. The van der Waals surface area contributed by atoms with Gasteiger partial charge in [-0.3, -0.25) is 9.59 Å². The van der Waals surface area contributed by atoms with Gasteiger partial charge in [-0.15, -0.1) is 12.4 Å². The molecule has 1 atom stereocenters. The molecule has 0 radical (unpaired) electrons. The van der Waals surface area contributed by atoms with E-state index in [1.807, 2.05) is 13.8 Å². The molecule has 1 rings (SSSR count). The van der Waals surface area contributed by atoms with Crippen molar-refractivity contribution in [2.45, 2.75) is 26.4 Å². The molecule has 0 aliphatic heterocycles. The minimum absolute atomic E-state index is 0. The minimum atomic E-state index is -0.638. The summed E-state index contributed by atoms with van der Waals surface area (Å²) in [4.78, 5) is 34.0. The van der Waals surface area contributed by atoms with Crippen LogP contribution in [0.15, 0.2) is 24.3 Å². The Morgan fingerprint density at radius 2 is 1.67 bits per heavy atom. The number of carbonyl (C=O) groups excluding carboxylic acids is 3. The fourth-order valence-electron chi connectivity index (χ4n) is 1.70. The quantitative estimate of drug-likeness (QED) is 0.479. The van der Waals surface area contributed by atoms with Gasteiger partial charge >= 0.3 is 6.03 Å². The number of urea groups is 1. The first-order valence-corrected chi connectivity index (χ1v) is 7.25. The second-order valence-corrected chi connectivity index (χ2v) is 5.45. The average molecular weight is 358 g/mol. The van der Waals surface area contributed by atoms with Gasteiger partial charge in [-0.2, -0.15) is 0 Å². The van der Waals surface area contributed by atoms with Crippen LogP contribution in [-0.4, -0.2) is 30.4 Å². The van der Waals surface area contributed by atoms with E-state index in [4.69, 9.17) is 11.5 Å². The Kier molecular flexibility index (Phi) is 9.44. The molecule has 7 N–H and O–H groups in total. The van der Waals surface area contributed by atoms with Crippen molar-refractivity contribution >= 4 is 35.9 Å². The van der Waals surface area contributed by atoms with Gasteiger partial charge in [0.25, 0.3) is 0 Å². The van der Waals surface area contributed by atoms with Crippen molar-refractivity contribution in [2.75, 3.05) is 11.9 Å². The lowest BCUT2D eigenvalue weighted by molar-refractivity contribution is -0.127. The van der Waals surface area contributed by atoms with E-state index in [-0.39, 0.29) is 36.7 Å². The third kappa shape index (κ3) is 7.80. The summed E-state index contributed by atoms with van der Waals surface area (Å²) in [5.74, 6) is -0.656. The molecular formula is C15H24ClN5O3. The van der Waals surface area contributed by atoms with Crippen molar-refractivity contribution in [1.82, 2.24) is 10.6 Å². The highest BCUT2D eigenvalue weighted by molar-refractivity contribution is 5.88. The molecule has 4 amide bonds. The van der Waals surface area contributed by atoms with Gasteiger partial charge in [-0.1, -0.05) is 26.0 Å². The highest BCUT2D eigenvalue weighted by Crippen LogP contribution is 2.08. The normalized spacial score (nSPS) is 11.2. The van der Waals surface area contributed by atoms with Crippen LogP contribution in [0.3, 0.4) is 0 Å². The van der Waals surface area contributed by atoms with Gasteiger partial charge in [0, 0.05) is 12.2 Å². The molecule has 134 valence electrons. The van der Waals surface area contributed by atoms with Gasteiger partial charge in [0.05, 0.1) is 12.6 Å². The predicted molar refractivity (Wildman–Crippen MR) is 94.6 cm³/mol. The molecule has 8 nitrogen and oxygen atoms in total. The molecule has 0 bridgehead atoms. The highest BCUT2D eigenvalue weighted by atomic mass is 35.5. The van der Waals surface area contributed by atoms with Crippen molar-refractivity contribution in [2.24, 2.45) is 17.4 Å². The number of rotatable bonds is 7. The van der Waals surface area contributed by atoms with Crippen LogP contribution in [0, 0.1) is 5.92 Å². The first-order chi connectivity index (χ1) is 10.8. The third-order valence-corrected chi connectivity index (χ3v) is 3.16. The fraction of sp³-hybridized carbons (Fsp3) is 0.400. The Hall–Kier alpha value is -2.32. The Labute approximate surface area is 147 Å². The second-order valence-electron chi connectivity index (χ2n) is 5.45. The van der Waals surface area contributed by atoms with Crippen molar-refractivity contribution in [1.29, 1.82) is 0 Å². The summed E-state index contributed by atoms with van der Waals surface area (Å²) in [6.07, 6.45) is 0. The van der Waals surface area contributed by atoms with Crippen LogP contribution in [0.1, 0.15) is 19.4 Å². The molecule has 0 spiro atoms. The summed E-state index contributed by atoms with van der Waals surface area (Å²) in [7, 11) is 0. The number of carbonyl (C=O) groups is 3. The lowest BCUT2D eigenvalue weighted by Gasteiger charge is -2.15. The van der Waals surface area contributed by atoms with E-state index >= 15 is 0 Å². The van der Waals surface area contributed by atoms with Crippen molar-refractivity contribution < 1.29 is 14.4 Å². The zero-order chi connectivity index (χ0) is 17.4. The first-order valence-electron chi connectivity index (χ1n) is 7.25. The molecule has 0 unspecified atom stereocenters. The first kappa shape index (κ1) is 21.7. The SMILES string of the molecule is CC(C)[C@H](N)C(=O)NCC(=O)NCc1ccc(NC(N)=O)cc1.Cl. The molecule has 0 aliphatic rings. The number of halogens is 1. The van der Waals surface area contributed by atoms with Gasteiger partial charge in [0.2, 0.25) is 11.8 Å². The van der Waals surface area contributed by atoms with Gasteiger partial charge in [-0.25, -0.2) is 4.79 Å². The number of nitrogens with two attached hydrogens (primary N) is 2. The Balaban J connectivity index is 0.00000529. The van der Waals surface area contributed by atoms with Crippen molar-refractivity contribution in [3.63, 3.8) is 0 Å². The molecule has 0 aliphatic carbocycles. The van der Waals surface area contributed by atoms with Gasteiger partial charge in [-0.05, 0) is 23.6 Å². The van der Waals surface area contributed by atoms with E-state index in [0.717, 1.165) is 5.56 Å². The van der Waals surface area contributed by atoms with Crippen molar-refractivity contribution in [3.05, 3.63) is 29.8 Å². The van der Waals surface area contributed by atoms with Crippen LogP contribution in [-0.2, 0) is 16.1 Å². The predicted octanol–water partition coefficient (Wildman–Crippen LogP) is 0.315. The number of benzene rings is 1. The van der Waals surface area contributed by atoms with Gasteiger partial charge in [0.1, 0.15) is 0 Å². The fourth-order valence-corrected chi connectivity index (χ4v) is 1.70. The topological polar surface area (TPSA) is 139 Å². The minimum Gasteiger partial charge on any atom is -0.351 e. The number of hydrogen-bond acceptors (Lipinski definition) is 4. The number of nitrogens with one attached hydrogen (secondary N) is 3. The van der Waals surface area contributed by atoms with Gasteiger partial charge in [0.15, 0.2) is 0 Å². The van der Waals surface area contributed by atoms with Crippen LogP contribution in [0.4, 0.5) is 10.5 Å². The van der Waals surface area contributed by atoms with E-state index in [9.17, 15) is 14.4 Å². The number of anilines is 1. The molecule has 0 heterocycles. The van der Waals surface area contributed by atoms with Crippen LogP contribution in [0.25, 0.3) is 0 Å².